The van der Waals surface area contributed by atoms with Gasteiger partial charge in [0, 0.05) is 11.1 Å². The molecule has 1 aromatic carbocycles. The van der Waals surface area contributed by atoms with Crippen molar-refractivity contribution in [1.82, 2.24) is 5.32 Å². The van der Waals surface area contributed by atoms with Gasteiger partial charge in [-0.2, -0.15) is 5.26 Å². The predicted molar refractivity (Wildman–Crippen MR) is 93.8 cm³/mol. The lowest BCUT2D eigenvalue weighted by Crippen LogP contribution is -2.53. The quantitative estimate of drug-likeness (QED) is 0.571. The minimum atomic E-state index is -0.913. The van der Waals surface area contributed by atoms with Crippen LogP contribution in [0.2, 0.25) is 0 Å². The molecule has 6 heteroatoms. The largest absolute Gasteiger partial charge is 0.325 e. The maximum absolute atomic E-state index is 12.9. The highest BCUT2D eigenvalue weighted by molar-refractivity contribution is 7.84. The average molecular weight is 341 g/mol. The number of nitrogens with one attached hydrogen (secondary N) is 2. The standard InChI is InChI=1S/C18H19N3O2S/c19-11-13-17(24)21-16(23)14(18(13)9-5-2-6-10-18)15(22)20-12-7-3-1-4-8-12/h1,3-4,7-8,14,24H,2,5-6,9-10H2,(H,20,22)(H,21,23)/t14-/m0/s1. The van der Waals surface area contributed by atoms with Gasteiger partial charge in [-0.25, -0.2) is 0 Å². The van der Waals surface area contributed by atoms with Crippen molar-refractivity contribution in [3.63, 3.8) is 0 Å². The molecule has 2 aliphatic rings. The Labute approximate surface area is 146 Å². The number of thiol groups is 1. The van der Waals surface area contributed by atoms with E-state index in [0.717, 1.165) is 19.3 Å². The van der Waals surface area contributed by atoms with Crippen molar-refractivity contribution in [3.8, 4) is 6.07 Å². The van der Waals surface area contributed by atoms with Crippen LogP contribution in [0.25, 0.3) is 0 Å². The highest BCUT2D eigenvalue weighted by atomic mass is 32.1. The zero-order chi connectivity index (χ0) is 17.2. The third kappa shape index (κ3) is 2.80. The number of nitriles is 1. The number of rotatable bonds is 2. The molecule has 1 aliphatic carbocycles. The fraction of sp³-hybridized carbons (Fsp3) is 0.389. The van der Waals surface area contributed by atoms with Gasteiger partial charge in [0.2, 0.25) is 11.8 Å². The van der Waals surface area contributed by atoms with Crippen LogP contribution in [-0.4, -0.2) is 11.8 Å². The van der Waals surface area contributed by atoms with Crippen molar-refractivity contribution in [2.24, 2.45) is 11.3 Å². The van der Waals surface area contributed by atoms with Gasteiger partial charge in [0.05, 0.1) is 16.7 Å². The van der Waals surface area contributed by atoms with E-state index >= 15 is 0 Å². The molecule has 3 rings (SSSR count). The summed E-state index contributed by atoms with van der Waals surface area (Å²) in [4.78, 5) is 25.5. The maximum atomic E-state index is 12.9. The summed E-state index contributed by atoms with van der Waals surface area (Å²) in [5.74, 6) is -1.66. The summed E-state index contributed by atoms with van der Waals surface area (Å²) in [6, 6.07) is 11.2. The smallest absolute Gasteiger partial charge is 0.238 e. The van der Waals surface area contributed by atoms with Crippen LogP contribution in [0.3, 0.4) is 0 Å². The van der Waals surface area contributed by atoms with Crippen LogP contribution < -0.4 is 10.6 Å². The molecule has 1 atom stereocenters. The lowest BCUT2D eigenvalue weighted by atomic mass is 9.60. The van der Waals surface area contributed by atoms with Crippen LogP contribution in [0.5, 0.6) is 0 Å². The molecule has 1 aliphatic heterocycles. The third-order valence-electron chi connectivity index (χ3n) is 4.95. The molecule has 1 heterocycles. The number of para-hydroxylation sites is 1. The zero-order valence-electron chi connectivity index (χ0n) is 13.2. The molecular weight excluding hydrogens is 322 g/mol. The number of amides is 2. The van der Waals surface area contributed by atoms with E-state index in [2.05, 4.69) is 29.3 Å². The van der Waals surface area contributed by atoms with E-state index in [1.807, 2.05) is 18.2 Å². The molecule has 2 amide bonds. The summed E-state index contributed by atoms with van der Waals surface area (Å²) < 4.78 is 0. The molecule has 1 fully saturated rings. The summed E-state index contributed by atoms with van der Waals surface area (Å²) in [6.07, 6.45) is 4.15. The molecule has 24 heavy (non-hydrogen) atoms. The van der Waals surface area contributed by atoms with Gasteiger partial charge in [0.1, 0.15) is 5.92 Å². The average Bonchev–Trinajstić information content (AvgIpc) is 2.56. The Morgan fingerprint density at radius 1 is 1.25 bits per heavy atom. The Balaban J connectivity index is 1.99. The molecule has 0 radical (unpaired) electrons. The lowest BCUT2D eigenvalue weighted by Gasteiger charge is -2.44. The molecule has 0 unspecified atom stereocenters. The molecule has 5 nitrogen and oxygen atoms in total. The van der Waals surface area contributed by atoms with E-state index in [-0.39, 0.29) is 16.8 Å². The summed E-state index contributed by atoms with van der Waals surface area (Å²) >= 11 is 4.28. The molecule has 2 N–H and O–H groups in total. The number of hydrogen-bond acceptors (Lipinski definition) is 4. The summed E-state index contributed by atoms with van der Waals surface area (Å²) in [7, 11) is 0. The van der Waals surface area contributed by atoms with Gasteiger partial charge in [-0.05, 0) is 25.0 Å². The van der Waals surface area contributed by atoms with E-state index in [9.17, 15) is 14.9 Å². The van der Waals surface area contributed by atoms with Gasteiger partial charge in [-0.15, -0.1) is 12.6 Å². The van der Waals surface area contributed by atoms with Crippen LogP contribution in [0.1, 0.15) is 32.1 Å². The van der Waals surface area contributed by atoms with Crippen LogP contribution in [0, 0.1) is 22.7 Å². The van der Waals surface area contributed by atoms with Gasteiger partial charge in [0.25, 0.3) is 0 Å². The van der Waals surface area contributed by atoms with Crippen molar-refractivity contribution in [2.45, 2.75) is 32.1 Å². The molecular formula is C18H19N3O2S. The van der Waals surface area contributed by atoms with Gasteiger partial charge >= 0.3 is 0 Å². The van der Waals surface area contributed by atoms with Crippen LogP contribution >= 0.6 is 12.6 Å². The number of nitrogens with zero attached hydrogens (tertiary/aromatic N) is 1. The van der Waals surface area contributed by atoms with Crippen LogP contribution in [0.15, 0.2) is 40.9 Å². The van der Waals surface area contributed by atoms with Gasteiger partial charge in [-0.3, -0.25) is 9.59 Å². The highest BCUT2D eigenvalue weighted by Gasteiger charge is 2.53. The topological polar surface area (TPSA) is 82.0 Å². The molecule has 1 aromatic rings. The van der Waals surface area contributed by atoms with Crippen molar-refractivity contribution in [3.05, 3.63) is 40.9 Å². The molecule has 0 aromatic heterocycles. The second-order valence-corrected chi connectivity index (χ2v) is 6.78. The van der Waals surface area contributed by atoms with Crippen molar-refractivity contribution < 1.29 is 9.59 Å². The first-order chi connectivity index (χ1) is 11.6. The summed E-state index contributed by atoms with van der Waals surface area (Å²) in [5.41, 5.74) is 0.324. The normalized spacial score (nSPS) is 22.7. The molecule has 0 saturated heterocycles. The van der Waals surface area contributed by atoms with E-state index in [1.165, 1.54) is 0 Å². The monoisotopic (exact) mass is 341 g/mol. The minimum Gasteiger partial charge on any atom is -0.325 e. The maximum Gasteiger partial charge on any atom is 0.238 e. The van der Waals surface area contributed by atoms with Crippen molar-refractivity contribution in [2.75, 3.05) is 5.32 Å². The van der Waals surface area contributed by atoms with Gasteiger partial charge in [-0.1, -0.05) is 37.5 Å². The van der Waals surface area contributed by atoms with E-state index < -0.39 is 11.3 Å². The van der Waals surface area contributed by atoms with E-state index in [4.69, 9.17) is 0 Å². The van der Waals surface area contributed by atoms with Crippen LogP contribution in [0.4, 0.5) is 5.69 Å². The number of hydrogen-bond donors (Lipinski definition) is 3. The fourth-order valence-electron chi connectivity index (χ4n) is 3.87. The molecule has 0 bridgehead atoms. The Bertz CT molecular complexity index is 730. The molecule has 124 valence electrons. The van der Waals surface area contributed by atoms with Gasteiger partial charge < -0.3 is 10.6 Å². The first kappa shape index (κ1) is 16.6. The second kappa shape index (κ2) is 6.70. The Morgan fingerprint density at radius 2 is 1.92 bits per heavy atom. The lowest BCUT2D eigenvalue weighted by molar-refractivity contribution is -0.138. The van der Waals surface area contributed by atoms with Gasteiger partial charge in [0.15, 0.2) is 0 Å². The number of carbonyl (C=O) groups is 2. The first-order valence-corrected chi connectivity index (χ1v) is 8.54. The SMILES string of the molecule is N#CC1=C(S)NC(=O)[C@H](C(=O)Nc2ccccc2)C12CCCCC2. The zero-order valence-corrected chi connectivity index (χ0v) is 14.1. The molecule has 1 spiro atoms. The number of anilines is 1. The minimum absolute atomic E-state index is 0.285. The predicted octanol–water partition coefficient (Wildman–Crippen LogP) is 2.99. The Morgan fingerprint density at radius 3 is 2.54 bits per heavy atom. The Kier molecular flexibility index (Phi) is 4.63. The Hall–Kier alpha value is -2.26. The van der Waals surface area contributed by atoms with Crippen LogP contribution in [-0.2, 0) is 9.59 Å². The van der Waals surface area contributed by atoms with Crippen molar-refractivity contribution >= 4 is 30.1 Å². The molecule has 1 saturated carbocycles. The second-order valence-electron chi connectivity index (χ2n) is 6.33. The number of carbonyl (C=O) groups excluding carboxylic acids is 2. The summed E-state index contributed by atoms with van der Waals surface area (Å²) in [6.45, 7) is 0. The van der Waals surface area contributed by atoms with E-state index in [0.29, 0.717) is 24.1 Å². The van der Waals surface area contributed by atoms with Crippen molar-refractivity contribution in [1.29, 1.82) is 5.26 Å². The third-order valence-corrected chi connectivity index (χ3v) is 5.29. The summed E-state index contributed by atoms with van der Waals surface area (Å²) in [5, 5.41) is 15.3. The first-order valence-electron chi connectivity index (χ1n) is 8.09. The number of allylic oxidation sites excluding steroid dienone is 1. The number of benzene rings is 1. The highest BCUT2D eigenvalue weighted by Crippen LogP contribution is 2.51. The fourth-order valence-corrected chi connectivity index (χ4v) is 4.26. The van der Waals surface area contributed by atoms with E-state index in [1.54, 1.807) is 12.1 Å².